The lowest BCUT2D eigenvalue weighted by Crippen LogP contribution is -2.24. The molecular weight excluding hydrogens is 437 g/mol. The molecule has 2 heterocycles. The molecule has 32 heavy (non-hydrogen) atoms. The third-order valence-corrected chi connectivity index (χ3v) is 6.04. The smallest absolute Gasteiger partial charge is 0.257 e. The van der Waals surface area contributed by atoms with Crippen LogP contribution in [-0.4, -0.2) is 36.0 Å². The van der Waals surface area contributed by atoms with E-state index in [4.69, 9.17) is 9.47 Å². The average Bonchev–Trinajstić information content (AvgIpc) is 3.21. The molecule has 0 radical (unpaired) electrons. The van der Waals surface area contributed by atoms with E-state index in [9.17, 15) is 17.6 Å². The lowest BCUT2D eigenvalue weighted by atomic mass is 9.99. The molecule has 1 N–H and O–H groups in total. The van der Waals surface area contributed by atoms with E-state index in [1.54, 1.807) is 30.1 Å². The Balaban J connectivity index is 1.77. The molecule has 0 spiro atoms. The van der Waals surface area contributed by atoms with E-state index in [1.807, 2.05) is 13.8 Å². The van der Waals surface area contributed by atoms with Crippen molar-refractivity contribution in [1.82, 2.24) is 9.78 Å². The molecule has 1 aliphatic rings. The molecule has 0 unspecified atom stereocenters. The molecule has 8 nitrogen and oxygen atoms in total. The average molecular weight is 459 g/mol. The van der Waals surface area contributed by atoms with Crippen LogP contribution in [0.1, 0.15) is 29.8 Å². The number of rotatable bonds is 5. The predicted molar refractivity (Wildman–Crippen MR) is 116 cm³/mol. The van der Waals surface area contributed by atoms with Crippen LogP contribution in [-0.2, 0) is 23.3 Å². The number of fused-ring (bicyclic) bond motifs is 1. The maximum atomic E-state index is 13.9. The quantitative estimate of drug-likeness (QED) is 0.584. The van der Waals surface area contributed by atoms with Crippen molar-refractivity contribution >= 4 is 21.6 Å². The van der Waals surface area contributed by atoms with Gasteiger partial charge in [-0.1, -0.05) is 0 Å². The molecular formula is C22H22FN3O5S. The summed E-state index contributed by atoms with van der Waals surface area (Å²) in [6.07, 6.45) is 3.17. The van der Waals surface area contributed by atoms with E-state index in [0.29, 0.717) is 23.6 Å². The Bertz CT molecular complexity index is 1330. The Labute approximate surface area is 184 Å². The lowest BCUT2D eigenvalue weighted by Gasteiger charge is -2.16. The highest BCUT2D eigenvalue weighted by Gasteiger charge is 2.34. The summed E-state index contributed by atoms with van der Waals surface area (Å²) < 4.78 is 51.7. The summed E-state index contributed by atoms with van der Waals surface area (Å²) in [7, 11) is -1.96. The number of hydrogen-bond acceptors (Lipinski definition) is 6. The Morgan fingerprint density at radius 3 is 2.62 bits per heavy atom. The maximum Gasteiger partial charge on any atom is 0.257 e. The summed E-state index contributed by atoms with van der Waals surface area (Å²) in [4.78, 5) is 12.7. The second-order valence-corrected chi connectivity index (χ2v) is 10.3. The Hall–Kier alpha value is -3.40. The highest BCUT2D eigenvalue weighted by Crippen LogP contribution is 2.44. The number of aryl methyl sites for hydroxylation is 1. The van der Waals surface area contributed by atoms with Gasteiger partial charge >= 0.3 is 0 Å². The highest BCUT2D eigenvalue weighted by molar-refractivity contribution is 7.90. The second-order valence-electron chi connectivity index (χ2n) is 8.28. The molecule has 1 aliphatic heterocycles. The SMILES string of the molecule is Cn1ccc(NC(=O)c2cc(Oc3cc(F)ccc3S(C)(=O)=O)c3c(c2)OC(C)(C)C3)n1. The van der Waals surface area contributed by atoms with Crippen LogP contribution in [0.4, 0.5) is 10.2 Å². The van der Waals surface area contributed by atoms with Gasteiger partial charge in [0.25, 0.3) is 5.91 Å². The van der Waals surface area contributed by atoms with Gasteiger partial charge in [0.15, 0.2) is 15.7 Å². The third kappa shape index (κ3) is 4.45. The summed E-state index contributed by atoms with van der Waals surface area (Å²) in [6.45, 7) is 3.77. The molecule has 1 aromatic heterocycles. The monoisotopic (exact) mass is 459 g/mol. The number of anilines is 1. The van der Waals surface area contributed by atoms with Gasteiger partial charge in [-0.05, 0) is 38.1 Å². The number of benzene rings is 2. The molecule has 0 fully saturated rings. The fourth-order valence-electron chi connectivity index (χ4n) is 3.52. The molecule has 2 aromatic carbocycles. The van der Waals surface area contributed by atoms with Crippen molar-refractivity contribution in [3.8, 4) is 17.2 Å². The molecule has 4 rings (SSSR count). The Morgan fingerprint density at radius 2 is 1.97 bits per heavy atom. The van der Waals surface area contributed by atoms with Gasteiger partial charge in [0.2, 0.25) is 0 Å². The topological polar surface area (TPSA) is 99.5 Å². The molecule has 10 heteroatoms. The molecule has 0 aliphatic carbocycles. The summed E-state index contributed by atoms with van der Waals surface area (Å²) >= 11 is 0. The van der Waals surface area contributed by atoms with Crippen molar-refractivity contribution in [1.29, 1.82) is 0 Å². The zero-order valence-corrected chi connectivity index (χ0v) is 18.8. The Morgan fingerprint density at radius 1 is 1.22 bits per heavy atom. The standard InChI is InChI=1S/C22H22FN3O5S/c1-22(2)12-15-16(30-18-11-14(23)5-6-19(18)32(4,28)29)9-13(10-17(15)31-22)21(27)24-20-7-8-26(3)25-20/h5-11H,12H2,1-4H3,(H,24,25,27). The minimum absolute atomic E-state index is 0.158. The number of amides is 1. The van der Waals surface area contributed by atoms with E-state index in [-0.39, 0.29) is 22.0 Å². The zero-order chi connectivity index (χ0) is 23.3. The lowest BCUT2D eigenvalue weighted by molar-refractivity contribution is 0.102. The van der Waals surface area contributed by atoms with Gasteiger partial charge < -0.3 is 14.8 Å². The molecule has 0 atom stereocenters. The van der Waals surface area contributed by atoms with Gasteiger partial charge in [0, 0.05) is 49.2 Å². The fourth-order valence-corrected chi connectivity index (χ4v) is 4.30. The van der Waals surface area contributed by atoms with E-state index in [1.165, 1.54) is 6.07 Å². The first-order valence-electron chi connectivity index (χ1n) is 9.76. The number of nitrogens with one attached hydrogen (secondary N) is 1. The number of aromatic nitrogens is 2. The van der Waals surface area contributed by atoms with Crippen LogP contribution < -0.4 is 14.8 Å². The minimum atomic E-state index is -3.68. The number of carbonyl (C=O) groups excluding carboxylic acids is 1. The van der Waals surface area contributed by atoms with Crippen LogP contribution in [0.25, 0.3) is 0 Å². The normalized spacial score (nSPS) is 14.5. The van der Waals surface area contributed by atoms with E-state index >= 15 is 0 Å². The number of carbonyl (C=O) groups is 1. The van der Waals surface area contributed by atoms with Crippen LogP contribution in [0.3, 0.4) is 0 Å². The summed E-state index contributed by atoms with van der Waals surface area (Å²) in [5, 5.41) is 6.81. The van der Waals surface area contributed by atoms with Crippen LogP contribution in [0.5, 0.6) is 17.2 Å². The van der Waals surface area contributed by atoms with E-state index in [0.717, 1.165) is 24.5 Å². The minimum Gasteiger partial charge on any atom is -0.487 e. The molecule has 0 saturated heterocycles. The van der Waals surface area contributed by atoms with Crippen molar-refractivity contribution in [2.24, 2.45) is 7.05 Å². The molecule has 0 bridgehead atoms. The van der Waals surface area contributed by atoms with Gasteiger partial charge in [-0.3, -0.25) is 9.48 Å². The molecule has 168 valence electrons. The van der Waals surface area contributed by atoms with Crippen molar-refractivity contribution in [2.45, 2.75) is 30.8 Å². The maximum absolute atomic E-state index is 13.9. The molecule has 1 amide bonds. The zero-order valence-electron chi connectivity index (χ0n) is 18.0. The van der Waals surface area contributed by atoms with Gasteiger partial charge in [0.05, 0.1) is 0 Å². The number of nitrogens with zero attached hydrogens (tertiary/aromatic N) is 2. The van der Waals surface area contributed by atoms with E-state index in [2.05, 4.69) is 10.4 Å². The van der Waals surface area contributed by atoms with Crippen molar-refractivity contribution in [3.63, 3.8) is 0 Å². The highest BCUT2D eigenvalue weighted by atomic mass is 32.2. The van der Waals surface area contributed by atoms with Crippen LogP contribution in [0, 0.1) is 5.82 Å². The largest absolute Gasteiger partial charge is 0.487 e. The summed E-state index contributed by atoms with van der Waals surface area (Å²) in [6, 6.07) is 7.93. The Kier molecular flexibility index (Phi) is 5.20. The van der Waals surface area contributed by atoms with Crippen molar-refractivity contribution in [2.75, 3.05) is 11.6 Å². The first kappa shape index (κ1) is 21.8. The molecule has 3 aromatic rings. The molecule has 0 saturated carbocycles. The first-order chi connectivity index (χ1) is 14.9. The fraction of sp³-hybridized carbons (Fsp3) is 0.273. The van der Waals surface area contributed by atoms with Gasteiger partial charge in [-0.2, -0.15) is 5.10 Å². The summed E-state index contributed by atoms with van der Waals surface area (Å²) in [5.41, 5.74) is 0.325. The summed E-state index contributed by atoms with van der Waals surface area (Å²) in [5.74, 6) is -0.240. The van der Waals surface area contributed by atoms with Crippen LogP contribution in [0.2, 0.25) is 0 Å². The van der Waals surface area contributed by atoms with Gasteiger partial charge in [-0.15, -0.1) is 0 Å². The van der Waals surface area contributed by atoms with E-state index < -0.39 is 27.2 Å². The number of ether oxygens (including phenoxy) is 2. The van der Waals surface area contributed by atoms with Crippen LogP contribution >= 0.6 is 0 Å². The van der Waals surface area contributed by atoms with Gasteiger partial charge in [0.1, 0.15) is 33.6 Å². The number of hydrogen-bond donors (Lipinski definition) is 1. The van der Waals surface area contributed by atoms with Crippen LogP contribution in [0.15, 0.2) is 47.5 Å². The number of sulfone groups is 1. The third-order valence-electron chi connectivity index (χ3n) is 4.90. The van der Waals surface area contributed by atoms with Gasteiger partial charge in [-0.25, -0.2) is 12.8 Å². The first-order valence-corrected chi connectivity index (χ1v) is 11.6. The van der Waals surface area contributed by atoms with Crippen molar-refractivity contribution < 1.29 is 27.1 Å². The predicted octanol–water partition coefficient (Wildman–Crippen LogP) is 3.72. The second kappa shape index (κ2) is 7.63. The van der Waals surface area contributed by atoms with Crippen molar-refractivity contribution in [3.05, 3.63) is 59.5 Å². The number of halogens is 1.